The molecule has 0 spiro atoms. The van der Waals surface area contributed by atoms with Gasteiger partial charge in [0.05, 0.1) is 12.2 Å². The van der Waals surface area contributed by atoms with Crippen LogP contribution >= 0.6 is 18.5 Å². The van der Waals surface area contributed by atoms with Crippen LogP contribution in [-0.2, 0) is 9.05 Å². The van der Waals surface area contributed by atoms with E-state index in [1.165, 1.54) is 0 Å². The zero-order valence-corrected chi connectivity index (χ0v) is 7.60. The molecular formula is C5H11ClO3P. The molecule has 1 aliphatic heterocycles. The van der Waals surface area contributed by atoms with Crippen molar-refractivity contribution in [2.45, 2.75) is 32.5 Å². The summed E-state index contributed by atoms with van der Waals surface area (Å²) in [5.41, 5.74) is 0. The van der Waals surface area contributed by atoms with Gasteiger partial charge < -0.3 is 13.9 Å². The summed E-state index contributed by atoms with van der Waals surface area (Å²) in [6.07, 6.45) is 0.786. The number of halogens is 1. The van der Waals surface area contributed by atoms with E-state index in [2.05, 4.69) is 0 Å². The van der Waals surface area contributed by atoms with Gasteiger partial charge in [0, 0.05) is 6.42 Å². The van der Waals surface area contributed by atoms with E-state index in [1.54, 1.807) is 0 Å². The Morgan fingerprint density at radius 2 is 1.80 bits per heavy atom. The van der Waals surface area contributed by atoms with Gasteiger partial charge in [-0.15, -0.1) is 0 Å². The minimum Gasteiger partial charge on any atom is -0.324 e. The Hall–Kier alpha value is 0.600. The third-order valence-corrected chi connectivity index (χ3v) is 3.00. The highest BCUT2D eigenvalue weighted by Crippen LogP contribution is 2.66. The molecule has 2 atom stereocenters. The van der Waals surface area contributed by atoms with Gasteiger partial charge in [-0.3, -0.25) is 0 Å². The highest BCUT2D eigenvalue weighted by atomic mass is 35.7. The lowest BCUT2D eigenvalue weighted by molar-refractivity contribution is 0.0407. The molecule has 1 saturated heterocycles. The molecular weight excluding hydrogens is 174 g/mol. The van der Waals surface area contributed by atoms with Crippen LogP contribution in [0.15, 0.2) is 0 Å². The molecule has 0 aromatic heterocycles. The average Bonchev–Trinajstić information content (AvgIpc) is 1.54. The SMILES string of the molecule is CC1CC(C)O[P](O)(Cl)O1. The van der Waals surface area contributed by atoms with Gasteiger partial charge in [-0.05, 0) is 25.1 Å². The maximum absolute atomic E-state index is 9.15. The molecule has 0 amide bonds. The topological polar surface area (TPSA) is 38.7 Å². The summed E-state index contributed by atoms with van der Waals surface area (Å²) in [5.74, 6) is 0. The predicted octanol–water partition coefficient (Wildman–Crippen LogP) is 2.11. The van der Waals surface area contributed by atoms with E-state index in [-0.39, 0.29) is 12.2 Å². The second kappa shape index (κ2) is 2.92. The molecule has 1 heterocycles. The Bertz CT molecular complexity index is 118. The smallest absolute Gasteiger partial charge is 0.324 e. The monoisotopic (exact) mass is 185 g/mol. The van der Waals surface area contributed by atoms with Gasteiger partial charge in [-0.25, -0.2) is 0 Å². The molecule has 61 valence electrons. The summed E-state index contributed by atoms with van der Waals surface area (Å²) in [6, 6.07) is 0. The molecule has 5 heteroatoms. The molecule has 10 heavy (non-hydrogen) atoms. The predicted molar refractivity (Wildman–Crippen MR) is 40.7 cm³/mol. The Morgan fingerprint density at radius 1 is 1.40 bits per heavy atom. The Balaban J connectivity index is 2.51. The van der Waals surface area contributed by atoms with E-state index < -0.39 is 7.30 Å². The average molecular weight is 186 g/mol. The largest absolute Gasteiger partial charge is 0.328 e. The van der Waals surface area contributed by atoms with Gasteiger partial charge in [-0.1, -0.05) is 0 Å². The molecule has 0 aliphatic carbocycles. The zero-order valence-electron chi connectivity index (χ0n) is 5.95. The number of hydrogen-bond donors (Lipinski definition) is 1. The summed E-state index contributed by atoms with van der Waals surface area (Å²) in [7, 11) is -2.98. The van der Waals surface area contributed by atoms with Crippen LogP contribution in [0.5, 0.6) is 0 Å². The second-order valence-electron chi connectivity index (χ2n) is 2.52. The first-order chi connectivity index (χ1) is 4.49. The van der Waals surface area contributed by atoms with Crippen molar-refractivity contribution in [2.24, 2.45) is 0 Å². The molecule has 3 nitrogen and oxygen atoms in total. The van der Waals surface area contributed by atoms with E-state index in [1.807, 2.05) is 13.8 Å². The Morgan fingerprint density at radius 3 is 2.10 bits per heavy atom. The van der Waals surface area contributed by atoms with Gasteiger partial charge in [-0.2, -0.15) is 0 Å². The quantitative estimate of drug-likeness (QED) is 0.588. The first-order valence-electron chi connectivity index (χ1n) is 3.18. The van der Waals surface area contributed by atoms with Crippen LogP contribution in [-0.4, -0.2) is 17.1 Å². The fourth-order valence-electron chi connectivity index (χ4n) is 1.02. The summed E-state index contributed by atoms with van der Waals surface area (Å²) < 4.78 is 9.91. The summed E-state index contributed by atoms with van der Waals surface area (Å²) in [4.78, 5) is 9.15. The van der Waals surface area contributed by atoms with Crippen LogP contribution < -0.4 is 0 Å². The molecule has 1 fully saturated rings. The highest BCUT2D eigenvalue weighted by molar-refractivity contribution is 7.86. The lowest BCUT2D eigenvalue weighted by atomic mass is 10.2. The van der Waals surface area contributed by atoms with E-state index in [4.69, 9.17) is 25.2 Å². The third kappa shape index (κ3) is 2.33. The molecule has 1 N–H and O–H groups in total. The molecule has 1 aliphatic rings. The normalized spacial score (nSPS) is 49.2. The Kier molecular flexibility index (Phi) is 2.54. The molecule has 0 aromatic rings. The first kappa shape index (κ1) is 8.69. The van der Waals surface area contributed by atoms with Crippen LogP contribution in [0.1, 0.15) is 20.3 Å². The van der Waals surface area contributed by atoms with E-state index in [0.29, 0.717) is 0 Å². The van der Waals surface area contributed by atoms with Gasteiger partial charge >= 0.3 is 7.30 Å². The zero-order chi connectivity index (χ0) is 7.78. The summed E-state index contributed by atoms with van der Waals surface area (Å²) in [5, 5.41) is 0. The van der Waals surface area contributed by atoms with Crippen molar-refractivity contribution in [3.05, 3.63) is 0 Å². The van der Waals surface area contributed by atoms with E-state index in [0.717, 1.165) is 6.42 Å². The van der Waals surface area contributed by atoms with E-state index >= 15 is 0 Å². The Labute approximate surface area is 65.7 Å². The molecule has 0 saturated carbocycles. The van der Waals surface area contributed by atoms with Crippen molar-refractivity contribution < 1.29 is 13.9 Å². The standard InChI is InChI=1S/C5H11ClO3P/c1-4-3-5(2)9-10(6,7)8-4/h4-5,7H,3H2,1-2H3. The fourth-order valence-corrected chi connectivity index (χ4v) is 2.95. The number of hydrogen-bond acceptors (Lipinski definition) is 3. The molecule has 2 unspecified atom stereocenters. The van der Waals surface area contributed by atoms with Crippen molar-refractivity contribution in [3.63, 3.8) is 0 Å². The van der Waals surface area contributed by atoms with Crippen molar-refractivity contribution in [3.8, 4) is 0 Å². The summed E-state index contributed by atoms with van der Waals surface area (Å²) >= 11 is 5.48. The van der Waals surface area contributed by atoms with Crippen LogP contribution in [0, 0.1) is 0 Å². The van der Waals surface area contributed by atoms with Gasteiger partial charge in [0.15, 0.2) is 0 Å². The lowest BCUT2D eigenvalue weighted by Crippen LogP contribution is -2.24. The van der Waals surface area contributed by atoms with E-state index in [9.17, 15) is 0 Å². The molecule has 1 rings (SSSR count). The van der Waals surface area contributed by atoms with Crippen LogP contribution in [0.25, 0.3) is 0 Å². The highest BCUT2D eigenvalue weighted by Gasteiger charge is 2.35. The van der Waals surface area contributed by atoms with Gasteiger partial charge in [0.1, 0.15) is 0 Å². The van der Waals surface area contributed by atoms with Crippen molar-refractivity contribution >= 4 is 18.5 Å². The summed E-state index contributed by atoms with van der Waals surface area (Å²) in [6.45, 7) is 3.73. The molecule has 0 aromatic carbocycles. The maximum Gasteiger partial charge on any atom is 0.328 e. The van der Waals surface area contributed by atoms with Crippen LogP contribution in [0.2, 0.25) is 0 Å². The lowest BCUT2D eigenvalue weighted by Gasteiger charge is -2.34. The minimum atomic E-state index is -2.98. The second-order valence-corrected chi connectivity index (χ2v) is 5.13. The van der Waals surface area contributed by atoms with Crippen LogP contribution in [0.4, 0.5) is 0 Å². The number of rotatable bonds is 0. The van der Waals surface area contributed by atoms with Crippen molar-refractivity contribution in [2.75, 3.05) is 0 Å². The van der Waals surface area contributed by atoms with Gasteiger partial charge in [0.25, 0.3) is 0 Å². The van der Waals surface area contributed by atoms with Gasteiger partial charge in [0.2, 0.25) is 0 Å². The minimum absolute atomic E-state index is 0.000386. The maximum atomic E-state index is 9.15. The van der Waals surface area contributed by atoms with Crippen LogP contribution in [0.3, 0.4) is 0 Å². The fraction of sp³-hybridized carbons (Fsp3) is 1.00. The first-order valence-corrected chi connectivity index (χ1v) is 5.66. The van der Waals surface area contributed by atoms with Crippen molar-refractivity contribution in [1.29, 1.82) is 0 Å². The third-order valence-electron chi connectivity index (χ3n) is 1.28. The van der Waals surface area contributed by atoms with Crippen molar-refractivity contribution in [1.82, 2.24) is 0 Å². The molecule has 0 bridgehead atoms. The molecule has 1 radical (unpaired) electrons.